The number of nitrogens with zero attached hydrogens (tertiary/aromatic N) is 2. The van der Waals surface area contributed by atoms with E-state index in [1.165, 1.54) is 12.4 Å². The molecule has 0 aromatic carbocycles. The van der Waals surface area contributed by atoms with Gasteiger partial charge in [0.25, 0.3) is 5.91 Å². The van der Waals surface area contributed by atoms with Crippen LogP contribution in [0.15, 0.2) is 12.4 Å². The number of hydrogen-bond acceptors (Lipinski definition) is 6. The van der Waals surface area contributed by atoms with Crippen LogP contribution in [0.2, 0.25) is 0 Å². The molecule has 1 aromatic heterocycles. The fourth-order valence-electron chi connectivity index (χ4n) is 1.86. The summed E-state index contributed by atoms with van der Waals surface area (Å²) < 4.78 is 5.43. The molecule has 0 atom stereocenters. The van der Waals surface area contributed by atoms with E-state index < -0.39 is 0 Å². The van der Waals surface area contributed by atoms with Gasteiger partial charge in [-0.3, -0.25) is 9.78 Å². The molecule has 18 heavy (non-hydrogen) atoms. The lowest BCUT2D eigenvalue weighted by Crippen LogP contribution is -2.48. The first-order valence-corrected chi connectivity index (χ1v) is 5.94. The van der Waals surface area contributed by atoms with E-state index >= 15 is 0 Å². The van der Waals surface area contributed by atoms with Crippen molar-refractivity contribution in [2.24, 2.45) is 5.84 Å². The smallest absolute Gasteiger partial charge is 0.271 e. The maximum Gasteiger partial charge on any atom is 0.271 e. The molecule has 7 heteroatoms. The Morgan fingerprint density at radius 2 is 2.33 bits per heavy atom. The Morgan fingerprint density at radius 1 is 1.56 bits per heavy atom. The number of amides is 1. The van der Waals surface area contributed by atoms with Gasteiger partial charge in [-0.1, -0.05) is 0 Å². The van der Waals surface area contributed by atoms with Crippen molar-refractivity contribution in [3.63, 3.8) is 0 Å². The quantitative estimate of drug-likeness (QED) is 0.505. The predicted molar refractivity (Wildman–Crippen MR) is 65.7 cm³/mol. The molecule has 1 fully saturated rings. The first-order chi connectivity index (χ1) is 8.72. The average molecular weight is 251 g/mol. The van der Waals surface area contributed by atoms with Crippen LogP contribution in [0, 0.1) is 0 Å². The molecule has 0 spiro atoms. The van der Waals surface area contributed by atoms with Crippen LogP contribution >= 0.6 is 0 Å². The topological polar surface area (TPSA) is 102 Å². The third-order valence-electron chi connectivity index (χ3n) is 2.85. The van der Waals surface area contributed by atoms with E-state index in [0.717, 1.165) is 12.8 Å². The lowest BCUT2D eigenvalue weighted by Gasteiger charge is -2.35. The molecular formula is C11H17N5O2. The third-order valence-corrected chi connectivity index (χ3v) is 2.85. The summed E-state index contributed by atoms with van der Waals surface area (Å²) in [5.41, 5.74) is 2.61. The molecule has 1 saturated carbocycles. The van der Waals surface area contributed by atoms with Crippen LogP contribution in [0.25, 0.3) is 0 Å². The number of nitrogens with one attached hydrogen (secondary N) is 2. The average Bonchev–Trinajstić information content (AvgIpc) is 2.36. The first kappa shape index (κ1) is 12.7. The summed E-state index contributed by atoms with van der Waals surface area (Å²) in [6.45, 7) is 2.67. The van der Waals surface area contributed by atoms with Crippen molar-refractivity contribution in [2.45, 2.75) is 31.9 Å². The lowest BCUT2D eigenvalue weighted by molar-refractivity contribution is -0.00867. The van der Waals surface area contributed by atoms with E-state index in [9.17, 15) is 4.79 Å². The van der Waals surface area contributed by atoms with Gasteiger partial charge in [0.15, 0.2) is 5.82 Å². The Hall–Kier alpha value is -1.73. The Balaban J connectivity index is 1.85. The van der Waals surface area contributed by atoms with Gasteiger partial charge < -0.3 is 15.5 Å². The minimum absolute atomic E-state index is 0.158. The van der Waals surface area contributed by atoms with Crippen LogP contribution in [0.5, 0.6) is 0 Å². The number of hydrogen-bond donors (Lipinski definition) is 3. The molecule has 4 N–H and O–H groups in total. The zero-order valence-electron chi connectivity index (χ0n) is 10.2. The molecule has 0 saturated heterocycles. The molecule has 1 aromatic rings. The van der Waals surface area contributed by atoms with Gasteiger partial charge in [0.05, 0.1) is 18.5 Å². The molecular weight excluding hydrogens is 234 g/mol. The van der Waals surface area contributed by atoms with Crippen molar-refractivity contribution in [3.8, 4) is 0 Å². The van der Waals surface area contributed by atoms with Crippen molar-refractivity contribution >= 4 is 11.7 Å². The highest BCUT2D eigenvalue weighted by molar-refractivity contribution is 5.92. The summed E-state index contributed by atoms with van der Waals surface area (Å²) in [4.78, 5) is 19.8. The Bertz CT molecular complexity index is 420. The van der Waals surface area contributed by atoms with Gasteiger partial charge >= 0.3 is 0 Å². The molecule has 0 bridgehead atoms. The molecule has 1 amide bonds. The number of ether oxygens (including phenoxy) is 1. The number of carbonyl (C=O) groups is 1. The Morgan fingerprint density at radius 3 is 3.00 bits per heavy atom. The molecule has 1 aliphatic carbocycles. The summed E-state index contributed by atoms with van der Waals surface area (Å²) in [6, 6.07) is 0.158. The van der Waals surface area contributed by atoms with Crippen molar-refractivity contribution in [1.29, 1.82) is 0 Å². The summed E-state index contributed by atoms with van der Waals surface area (Å²) in [5.74, 6) is 5.34. The minimum Gasteiger partial charge on any atom is -0.378 e. The van der Waals surface area contributed by atoms with Crippen LogP contribution in [0.4, 0.5) is 5.82 Å². The van der Waals surface area contributed by atoms with Crippen LogP contribution in [0.1, 0.15) is 30.3 Å². The van der Waals surface area contributed by atoms with E-state index in [1.807, 2.05) is 6.92 Å². The SMILES string of the molecule is CCOC1CC(NC(=O)c2cncc(NN)n2)C1. The maximum atomic E-state index is 11.9. The van der Waals surface area contributed by atoms with Gasteiger partial charge in [0.1, 0.15) is 5.69 Å². The largest absolute Gasteiger partial charge is 0.378 e. The minimum atomic E-state index is -0.237. The monoisotopic (exact) mass is 251 g/mol. The second-order valence-electron chi connectivity index (χ2n) is 4.15. The van der Waals surface area contributed by atoms with Crippen LogP contribution in [0.3, 0.4) is 0 Å². The Labute approximate surface area is 105 Å². The summed E-state index contributed by atoms with van der Waals surface area (Å²) in [6.07, 6.45) is 4.83. The van der Waals surface area contributed by atoms with Crippen molar-refractivity contribution in [2.75, 3.05) is 12.0 Å². The number of hydrazine groups is 1. The summed E-state index contributed by atoms with van der Waals surface area (Å²) in [5, 5.41) is 2.88. The number of nitrogen functional groups attached to an aromatic ring is 1. The highest BCUT2D eigenvalue weighted by Crippen LogP contribution is 2.23. The van der Waals surface area contributed by atoms with Crippen LogP contribution < -0.4 is 16.6 Å². The van der Waals surface area contributed by atoms with E-state index in [1.54, 1.807) is 0 Å². The van der Waals surface area contributed by atoms with Crippen LogP contribution in [-0.4, -0.2) is 34.6 Å². The predicted octanol–water partition coefficient (Wildman–Crippen LogP) is 0.0595. The highest BCUT2D eigenvalue weighted by Gasteiger charge is 2.31. The molecule has 7 nitrogen and oxygen atoms in total. The third kappa shape index (κ3) is 2.93. The van der Waals surface area contributed by atoms with Gasteiger partial charge in [-0.05, 0) is 19.8 Å². The maximum absolute atomic E-state index is 11.9. The summed E-state index contributed by atoms with van der Waals surface area (Å²) in [7, 11) is 0. The Kier molecular flexibility index (Phi) is 4.06. The first-order valence-electron chi connectivity index (χ1n) is 5.94. The second-order valence-corrected chi connectivity index (χ2v) is 4.15. The van der Waals surface area contributed by atoms with Gasteiger partial charge in [0, 0.05) is 12.6 Å². The normalized spacial score (nSPS) is 22.1. The van der Waals surface area contributed by atoms with Crippen molar-refractivity contribution in [1.82, 2.24) is 15.3 Å². The highest BCUT2D eigenvalue weighted by atomic mass is 16.5. The fraction of sp³-hybridized carbons (Fsp3) is 0.545. The number of aromatic nitrogens is 2. The molecule has 0 radical (unpaired) electrons. The van der Waals surface area contributed by atoms with E-state index in [-0.39, 0.29) is 23.7 Å². The second kappa shape index (κ2) is 5.74. The fourth-order valence-corrected chi connectivity index (χ4v) is 1.86. The van der Waals surface area contributed by atoms with Crippen molar-refractivity contribution < 1.29 is 9.53 Å². The lowest BCUT2D eigenvalue weighted by atomic mass is 9.89. The number of carbonyl (C=O) groups excluding carboxylic acids is 1. The van der Waals surface area contributed by atoms with Gasteiger partial charge in [-0.2, -0.15) is 0 Å². The number of anilines is 1. The van der Waals surface area contributed by atoms with Gasteiger partial charge in [-0.15, -0.1) is 0 Å². The zero-order chi connectivity index (χ0) is 13.0. The molecule has 98 valence electrons. The number of nitrogens with two attached hydrogens (primary N) is 1. The molecule has 1 aliphatic rings. The zero-order valence-corrected chi connectivity index (χ0v) is 10.2. The van der Waals surface area contributed by atoms with E-state index in [0.29, 0.717) is 12.4 Å². The molecule has 0 aliphatic heterocycles. The number of rotatable bonds is 5. The molecule has 0 unspecified atom stereocenters. The molecule has 2 rings (SSSR count). The standard InChI is InChI=1S/C11H17N5O2/c1-2-18-8-3-7(4-8)14-11(17)9-5-13-6-10(15-9)16-12/h5-8H,2-4,12H2,1H3,(H,14,17)(H,15,16). The van der Waals surface area contributed by atoms with Gasteiger partial charge in [0.2, 0.25) is 0 Å². The van der Waals surface area contributed by atoms with E-state index in [2.05, 4.69) is 20.7 Å². The van der Waals surface area contributed by atoms with Crippen molar-refractivity contribution in [3.05, 3.63) is 18.1 Å². The summed E-state index contributed by atoms with van der Waals surface area (Å²) >= 11 is 0. The molecule has 1 heterocycles. The van der Waals surface area contributed by atoms with Crippen LogP contribution in [-0.2, 0) is 4.74 Å². The van der Waals surface area contributed by atoms with E-state index in [4.69, 9.17) is 10.6 Å². The van der Waals surface area contributed by atoms with Gasteiger partial charge in [-0.25, -0.2) is 10.8 Å².